The lowest BCUT2D eigenvalue weighted by Gasteiger charge is -2.24. The fourth-order valence-corrected chi connectivity index (χ4v) is 1.98. The summed E-state index contributed by atoms with van der Waals surface area (Å²) in [4.78, 5) is 1.12. The van der Waals surface area contributed by atoms with Crippen molar-refractivity contribution in [1.29, 1.82) is 0 Å². The second-order valence-corrected chi connectivity index (χ2v) is 5.63. The van der Waals surface area contributed by atoms with Gasteiger partial charge in [0.1, 0.15) is 5.82 Å². The predicted octanol–water partition coefficient (Wildman–Crippen LogP) is 3.70. The van der Waals surface area contributed by atoms with Crippen LogP contribution >= 0.6 is 11.8 Å². The molecule has 1 aromatic carbocycles. The fourth-order valence-electron chi connectivity index (χ4n) is 1.21. The van der Waals surface area contributed by atoms with Gasteiger partial charge in [-0.2, -0.15) is 0 Å². The first-order valence-corrected chi connectivity index (χ1v) is 6.65. The highest BCUT2D eigenvalue weighted by atomic mass is 32.2. The normalized spacial score (nSPS) is 11.8. The van der Waals surface area contributed by atoms with Gasteiger partial charge >= 0.3 is 0 Å². The Morgan fingerprint density at radius 2 is 1.88 bits per heavy atom. The lowest BCUT2D eigenvalue weighted by Crippen LogP contribution is -2.39. The number of halogens is 1. The van der Waals surface area contributed by atoms with E-state index in [1.165, 1.54) is 12.1 Å². The minimum atomic E-state index is -0.172. The third-order valence-corrected chi connectivity index (χ3v) is 3.69. The highest BCUT2D eigenvalue weighted by Crippen LogP contribution is 2.17. The summed E-state index contributed by atoms with van der Waals surface area (Å²) in [5.74, 6) is 0.837. The molecule has 0 bridgehead atoms. The molecule has 90 valence electrons. The second-order valence-electron chi connectivity index (χ2n) is 4.47. The van der Waals surface area contributed by atoms with Gasteiger partial charge in [0.25, 0.3) is 0 Å². The standard InChI is InChI=1S/C13H20FNS/c1-4-13(2,3)15-9-10-16-12-7-5-11(14)6-8-12/h5-8,15H,4,9-10H2,1-3H3. The first-order chi connectivity index (χ1) is 7.53. The van der Waals surface area contributed by atoms with Crippen molar-refractivity contribution in [2.45, 2.75) is 37.6 Å². The van der Waals surface area contributed by atoms with Crippen LogP contribution in [0.5, 0.6) is 0 Å². The quantitative estimate of drug-likeness (QED) is 0.602. The van der Waals surface area contributed by atoms with Gasteiger partial charge in [-0.3, -0.25) is 0 Å². The van der Waals surface area contributed by atoms with Crippen LogP contribution in [0.15, 0.2) is 29.2 Å². The van der Waals surface area contributed by atoms with E-state index in [1.54, 1.807) is 11.8 Å². The van der Waals surface area contributed by atoms with Crippen LogP contribution in [-0.2, 0) is 0 Å². The van der Waals surface area contributed by atoms with E-state index in [1.807, 2.05) is 12.1 Å². The molecule has 1 N–H and O–H groups in total. The van der Waals surface area contributed by atoms with Crippen LogP contribution in [0.25, 0.3) is 0 Å². The van der Waals surface area contributed by atoms with Crippen molar-refractivity contribution in [3.63, 3.8) is 0 Å². The second kappa shape index (κ2) is 6.26. The maximum Gasteiger partial charge on any atom is 0.123 e. The van der Waals surface area contributed by atoms with Gasteiger partial charge in [0.05, 0.1) is 0 Å². The molecule has 0 heterocycles. The first-order valence-electron chi connectivity index (χ1n) is 5.67. The van der Waals surface area contributed by atoms with Crippen molar-refractivity contribution < 1.29 is 4.39 Å². The van der Waals surface area contributed by atoms with Crippen LogP contribution in [0.2, 0.25) is 0 Å². The molecule has 0 spiro atoms. The van der Waals surface area contributed by atoms with Gasteiger partial charge in [-0.25, -0.2) is 4.39 Å². The summed E-state index contributed by atoms with van der Waals surface area (Å²) in [6.07, 6.45) is 1.12. The highest BCUT2D eigenvalue weighted by Gasteiger charge is 2.12. The van der Waals surface area contributed by atoms with Crippen LogP contribution < -0.4 is 5.32 Å². The maximum absolute atomic E-state index is 12.7. The Balaban J connectivity index is 2.23. The van der Waals surface area contributed by atoms with E-state index >= 15 is 0 Å². The maximum atomic E-state index is 12.7. The summed E-state index contributed by atoms with van der Waals surface area (Å²) in [5.41, 5.74) is 0.212. The molecule has 0 aliphatic rings. The number of hydrogen-bond donors (Lipinski definition) is 1. The van der Waals surface area contributed by atoms with Gasteiger partial charge in [-0.05, 0) is 44.5 Å². The van der Waals surface area contributed by atoms with Gasteiger partial charge in [-0.1, -0.05) is 6.92 Å². The molecule has 0 aromatic heterocycles. The zero-order valence-electron chi connectivity index (χ0n) is 10.2. The number of thioether (sulfide) groups is 1. The molecule has 16 heavy (non-hydrogen) atoms. The van der Waals surface area contributed by atoms with Gasteiger partial charge in [0, 0.05) is 22.7 Å². The number of benzene rings is 1. The van der Waals surface area contributed by atoms with E-state index in [-0.39, 0.29) is 11.4 Å². The average molecular weight is 241 g/mol. The Morgan fingerprint density at radius 3 is 2.44 bits per heavy atom. The van der Waals surface area contributed by atoms with Crippen LogP contribution in [0.3, 0.4) is 0 Å². The molecule has 0 atom stereocenters. The fraction of sp³-hybridized carbons (Fsp3) is 0.538. The largest absolute Gasteiger partial charge is 0.311 e. The Kier molecular flexibility index (Phi) is 5.29. The van der Waals surface area contributed by atoms with E-state index in [0.29, 0.717) is 0 Å². The SMILES string of the molecule is CCC(C)(C)NCCSc1ccc(F)cc1. The summed E-state index contributed by atoms with van der Waals surface area (Å²) in [6, 6.07) is 6.66. The Hall–Kier alpha value is -0.540. The van der Waals surface area contributed by atoms with Crippen molar-refractivity contribution in [2.24, 2.45) is 0 Å². The molecule has 0 aliphatic carbocycles. The third-order valence-electron chi connectivity index (χ3n) is 2.67. The third kappa shape index (κ3) is 4.99. The van der Waals surface area contributed by atoms with Crippen LogP contribution in [0, 0.1) is 5.82 Å². The number of rotatable bonds is 6. The molecule has 0 unspecified atom stereocenters. The van der Waals surface area contributed by atoms with Crippen molar-refractivity contribution in [1.82, 2.24) is 5.32 Å². The molecule has 0 aliphatic heterocycles. The van der Waals surface area contributed by atoms with Crippen molar-refractivity contribution >= 4 is 11.8 Å². The molecule has 0 saturated heterocycles. The van der Waals surface area contributed by atoms with Gasteiger partial charge < -0.3 is 5.32 Å². The lowest BCUT2D eigenvalue weighted by atomic mass is 10.0. The summed E-state index contributed by atoms with van der Waals surface area (Å²) in [6.45, 7) is 7.56. The van der Waals surface area contributed by atoms with Gasteiger partial charge in [-0.15, -0.1) is 11.8 Å². The topological polar surface area (TPSA) is 12.0 Å². The Labute approximate surface area is 102 Å². The molecule has 1 rings (SSSR count). The first kappa shape index (κ1) is 13.5. The van der Waals surface area contributed by atoms with E-state index in [4.69, 9.17) is 0 Å². The zero-order chi connectivity index (χ0) is 12.0. The summed E-state index contributed by atoms with van der Waals surface area (Å²) in [7, 11) is 0. The highest BCUT2D eigenvalue weighted by molar-refractivity contribution is 7.99. The van der Waals surface area contributed by atoms with Gasteiger partial charge in [0.15, 0.2) is 0 Å². The number of nitrogens with one attached hydrogen (secondary N) is 1. The van der Waals surface area contributed by atoms with E-state index < -0.39 is 0 Å². The molecule has 3 heteroatoms. The van der Waals surface area contributed by atoms with E-state index in [0.717, 1.165) is 23.6 Å². The lowest BCUT2D eigenvalue weighted by molar-refractivity contribution is 0.388. The summed E-state index contributed by atoms with van der Waals surface area (Å²) in [5, 5.41) is 3.50. The van der Waals surface area contributed by atoms with Crippen molar-refractivity contribution in [2.75, 3.05) is 12.3 Å². The Morgan fingerprint density at radius 1 is 1.25 bits per heavy atom. The van der Waals surface area contributed by atoms with Gasteiger partial charge in [0.2, 0.25) is 0 Å². The zero-order valence-corrected chi connectivity index (χ0v) is 11.0. The molecule has 0 radical (unpaired) electrons. The molecular weight excluding hydrogens is 221 g/mol. The average Bonchev–Trinajstić information content (AvgIpc) is 2.27. The minimum absolute atomic E-state index is 0.172. The van der Waals surface area contributed by atoms with E-state index in [9.17, 15) is 4.39 Å². The minimum Gasteiger partial charge on any atom is -0.311 e. The molecule has 0 amide bonds. The molecule has 0 saturated carbocycles. The van der Waals surface area contributed by atoms with Crippen LogP contribution in [0.4, 0.5) is 4.39 Å². The van der Waals surface area contributed by atoms with Crippen molar-refractivity contribution in [3.8, 4) is 0 Å². The molecular formula is C13H20FNS. The molecule has 1 nitrogen and oxygen atoms in total. The summed E-state index contributed by atoms with van der Waals surface area (Å²) < 4.78 is 12.7. The van der Waals surface area contributed by atoms with E-state index in [2.05, 4.69) is 26.1 Å². The molecule has 0 fully saturated rings. The number of hydrogen-bond acceptors (Lipinski definition) is 2. The Bertz CT molecular complexity index is 308. The van der Waals surface area contributed by atoms with Crippen LogP contribution in [-0.4, -0.2) is 17.8 Å². The van der Waals surface area contributed by atoms with Crippen LogP contribution in [0.1, 0.15) is 27.2 Å². The van der Waals surface area contributed by atoms with Crippen molar-refractivity contribution in [3.05, 3.63) is 30.1 Å². The monoisotopic (exact) mass is 241 g/mol. The predicted molar refractivity (Wildman–Crippen MR) is 69.5 cm³/mol. The molecule has 1 aromatic rings. The summed E-state index contributed by atoms with van der Waals surface area (Å²) >= 11 is 1.75. The smallest absolute Gasteiger partial charge is 0.123 e.